The summed E-state index contributed by atoms with van der Waals surface area (Å²) in [7, 11) is 0. The number of aromatic carboxylic acids is 1. The Balaban J connectivity index is 1.73. The number of amides is 1. The van der Waals surface area contributed by atoms with Gasteiger partial charge in [0.15, 0.2) is 0 Å². The van der Waals surface area contributed by atoms with Crippen molar-refractivity contribution in [2.45, 2.75) is 11.8 Å². The summed E-state index contributed by atoms with van der Waals surface area (Å²) >= 11 is 1.02. The SMILES string of the molecule is Cc1cc(-c2ccccc2)cc(C(=O)NNSc2cccc(C(=O)O)c2)c1F. The molecule has 28 heavy (non-hydrogen) atoms. The van der Waals surface area contributed by atoms with Crippen molar-refractivity contribution >= 4 is 23.8 Å². The molecule has 0 spiro atoms. The molecule has 1 amide bonds. The second-order valence-electron chi connectivity index (χ2n) is 6.01. The fourth-order valence-electron chi connectivity index (χ4n) is 2.62. The van der Waals surface area contributed by atoms with Gasteiger partial charge in [-0.2, -0.15) is 4.83 Å². The molecule has 3 aromatic carbocycles. The van der Waals surface area contributed by atoms with Gasteiger partial charge in [-0.25, -0.2) is 9.18 Å². The lowest BCUT2D eigenvalue weighted by atomic mass is 9.99. The number of carbonyl (C=O) groups excluding carboxylic acids is 1. The molecule has 0 aliphatic rings. The number of hydrogen-bond donors (Lipinski definition) is 3. The molecule has 0 aromatic heterocycles. The van der Waals surface area contributed by atoms with E-state index in [0.717, 1.165) is 23.1 Å². The first-order chi connectivity index (χ1) is 13.5. The molecule has 0 heterocycles. The van der Waals surface area contributed by atoms with Crippen LogP contribution in [0.4, 0.5) is 4.39 Å². The molecule has 0 fully saturated rings. The largest absolute Gasteiger partial charge is 0.478 e. The number of rotatable bonds is 6. The van der Waals surface area contributed by atoms with Crippen LogP contribution in [0.15, 0.2) is 71.6 Å². The van der Waals surface area contributed by atoms with Crippen molar-refractivity contribution in [2.24, 2.45) is 0 Å². The van der Waals surface area contributed by atoms with Gasteiger partial charge in [-0.15, -0.1) is 0 Å². The number of hydrazine groups is 1. The summed E-state index contributed by atoms with van der Waals surface area (Å²) in [5.41, 5.74) is 4.48. The predicted molar refractivity (Wildman–Crippen MR) is 106 cm³/mol. The van der Waals surface area contributed by atoms with Crippen molar-refractivity contribution in [3.63, 3.8) is 0 Å². The van der Waals surface area contributed by atoms with Crippen LogP contribution < -0.4 is 10.3 Å². The van der Waals surface area contributed by atoms with Crippen molar-refractivity contribution in [3.05, 3.63) is 89.2 Å². The van der Waals surface area contributed by atoms with E-state index in [4.69, 9.17) is 5.11 Å². The predicted octanol–water partition coefficient (Wildman–Crippen LogP) is 4.44. The standard InChI is InChI=1S/C21H17FN2O3S/c1-13-10-16(14-6-3-2-4-7-14)12-18(19(13)22)20(25)23-24-28-17-9-5-8-15(11-17)21(26)27/h2-12,24H,1H3,(H,23,25)(H,26,27). The third-order valence-corrected chi connectivity index (χ3v) is 4.71. The molecule has 0 aliphatic heterocycles. The molecular formula is C21H17FN2O3S. The lowest BCUT2D eigenvalue weighted by Gasteiger charge is -2.11. The second-order valence-corrected chi connectivity index (χ2v) is 6.89. The van der Waals surface area contributed by atoms with Crippen LogP contribution in [0, 0.1) is 12.7 Å². The molecule has 142 valence electrons. The average Bonchev–Trinajstić information content (AvgIpc) is 2.70. The Morgan fingerprint density at radius 2 is 1.71 bits per heavy atom. The van der Waals surface area contributed by atoms with Gasteiger partial charge >= 0.3 is 5.97 Å². The molecule has 0 aliphatic carbocycles. The van der Waals surface area contributed by atoms with Gasteiger partial charge in [0.1, 0.15) is 5.82 Å². The molecule has 5 nitrogen and oxygen atoms in total. The summed E-state index contributed by atoms with van der Waals surface area (Å²) in [6.45, 7) is 1.61. The Labute approximate surface area is 165 Å². The monoisotopic (exact) mass is 396 g/mol. The van der Waals surface area contributed by atoms with Gasteiger partial charge in [0.2, 0.25) is 0 Å². The number of carboxylic acids is 1. The zero-order valence-electron chi connectivity index (χ0n) is 14.9. The van der Waals surface area contributed by atoms with Crippen LogP contribution >= 0.6 is 11.9 Å². The molecular weight excluding hydrogens is 379 g/mol. The third-order valence-electron chi connectivity index (χ3n) is 4.02. The smallest absolute Gasteiger partial charge is 0.335 e. The maximum absolute atomic E-state index is 14.5. The minimum atomic E-state index is -1.04. The van der Waals surface area contributed by atoms with Crippen LogP contribution in [0.5, 0.6) is 0 Å². The Hall–Kier alpha value is -3.16. The van der Waals surface area contributed by atoms with E-state index < -0.39 is 17.7 Å². The molecule has 0 radical (unpaired) electrons. The highest BCUT2D eigenvalue weighted by atomic mass is 32.2. The third kappa shape index (κ3) is 4.57. The van der Waals surface area contributed by atoms with Crippen molar-refractivity contribution in [1.29, 1.82) is 0 Å². The van der Waals surface area contributed by atoms with E-state index in [-0.39, 0.29) is 11.1 Å². The minimum Gasteiger partial charge on any atom is -0.478 e. The van der Waals surface area contributed by atoms with Crippen molar-refractivity contribution in [3.8, 4) is 11.1 Å². The van der Waals surface area contributed by atoms with E-state index in [1.54, 1.807) is 25.1 Å². The molecule has 7 heteroatoms. The number of carboxylic acid groups (broad SMARTS) is 1. The highest BCUT2D eigenvalue weighted by molar-refractivity contribution is 7.97. The van der Waals surface area contributed by atoms with Crippen LogP contribution in [0.1, 0.15) is 26.3 Å². The van der Waals surface area contributed by atoms with Crippen LogP contribution in [-0.4, -0.2) is 17.0 Å². The Bertz CT molecular complexity index is 1030. The van der Waals surface area contributed by atoms with Crippen LogP contribution in [-0.2, 0) is 0 Å². The van der Waals surface area contributed by atoms with Crippen molar-refractivity contribution < 1.29 is 19.1 Å². The summed E-state index contributed by atoms with van der Waals surface area (Å²) in [6, 6.07) is 18.8. The topological polar surface area (TPSA) is 78.4 Å². The van der Waals surface area contributed by atoms with E-state index in [0.29, 0.717) is 10.5 Å². The summed E-state index contributed by atoms with van der Waals surface area (Å²) < 4.78 is 14.5. The maximum Gasteiger partial charge on any atom is 0.335 e. The van der Waals surface area contributed by atoms with Gasteiger partial charge in [0.25, 0.3) is 5.91 Å². The Morgan fingerprint density at radius 3 is 2.43 bits per heavy atom. The van der Waals surface area contributed by atoms with Gasteiger partial charge < -0.3 is 5.11 Å². The quantitative estimate of drug-likeness (QED) is 0.424. The Kier molecular flexibility index (Phi) is 6.08. The van der Waals surface area contributed by atoms with Gasteiger partial charge in [-0.05, 0) is 65.9 Å². The molecule has 0 bridgehead atoms. The summed E-state index contributed by atoms with van der Waals surface area (Å²) in [5, 5.41) is 9.01. The molecule has 0 atom stereocenters. The molecule has 0 unspecified atom stereocenters. The maximum atomic E-state index is 14.5. The fraction of sp³-hybridized carbons (Fsp3) is 0.0476. The molecule has 3 N–H and O–H groups in total. The highest BCUT2D eigenvalue weighted by Gasteiger charge is 2.16. The first-order valence-electron chi connectivity index (χ1n) is 8.37. The summed E-state index contributed by atoms with van der Waals surface area (Å²) in [4.78, 5) is 26.7. The van der Waals surface area contributed by atoms with E-state index in [1.165, 1.54) is 18.2 Å². The van der Waals surface area contributed by atoms with Crippen LogP contribution in [0.3, 0.4) is 0 Å². The van der Waals surface area contributed by atoms with E-state index >= 15 is 0 Å². The first kappa shape index (κ1) is 19.6. The number of aryl methyl sites for hydroxylation is 1. The van der Waals surface area contributed by atoms with E-state index in [2.05, 4.69) is 10.3 Å². The molecule has 0 saturated carbocycles. The minimum absolute atomic E-state index is 0.0776. The van der Waals surface area contributed by atoms with Gasteiger partial charge in [0, 0.05) is 4.90 Å². The number of carbonyl (C=O) groups is 2. The van der Waals surface area contributed by atoms with E-state index in [1.807, 2.05) is 30.3 Å². The number of nitrogens with one attached hydrogen (secondary N) is 2. The van der Waals surface area contributed by atoms with Gasteiger partial charge in [-0.1, -0.05) is 36.4 Å². The number of halogens is 1. The number of benzene rings is 3. The van der Waals surface area contributed by atoms with Gasteiger partial charge in [0.05, 0.1) is 11.1 Å². The number of hydrogen-bond acceptors (Lipinski definition) is 4. The zero-order chi connectivity index (χ0) is 20.1. The molecule has 3 aromatic rings. The van der Waals surface area contributed by atoms with E-state index in [9.17, 15) is 14.0 Å². The Morgan fingerprint density at radius 1 is 0.964 bits per heavy atom. The lowest BCUT2D eigenvalue weighted by Crippen LogP contribution is -2.33. The highest BCUT2D eigenvalue weighted by Crippen LogP contribution is 2.25. The normalized spacial score (nSPS) is 10.5. The second kappa shape index (κ2) is 8.69. The van der Waals surface area contributed by atoms with Crippen LogP contribution in [0.25, 0.3) is 11.1 Å². The summed E-state index contributed by atoms with van der Waals surface area (Å²) in [5.74, 6) is -2.25. The average molecular weight is 396 g/mol. The molecule has 0 saturated heterocycles. The molecule has 3 rings (SSSR count). The van der Waals surface area contributed by atoms with Crippen molar-refractivity contribution in [1.82, 2.24) is 10.3 Å². The first-order valence-corrected chi connectivity index (χ1v) is 9.18. The van der Waals surface area contributed by atoms with Crippen molar-refractivity contribution in [2.75, 3.05) is 0 Å². The lowest BCUT2D eigenvalue weighted by molar-refractivity contribution is 0.0696. The van der Waals surface area contributed by atoms with Crippen LogP contribution in [0.2, 0.25) is 0 Å². The zero-order valence-corrected chi connectivity index (χ0v) is 15.7. The summed E-state index contributed by atoms with van der Waals surface area (Å²) in [6.07, 6.45) is 0. The fourth-order valence-corrected chi connectivity index (χ4v) is 3.22. The van der Waals surface area contributed by atoms with Gasteiger partial charge in [-0.3, -0.25) is 10.2 Å².